The van der Waals surface area contributed by atoms with Gasteiger partial charge in [-0.05, 0) is 26.2 Å². The molecule has 4 heteroatoms. The Morgan fingerprint density at radius 2 is 2.27 bits per heavy atom. The molecule has 88 valence electrons. The van der Waals surface area contributed by atoms with Crippen molar-refractivity contribution in [1.29, 1.82) is 0 Å². The number of carbonyl (C=O) groups is 1. The van der Waals surface area contributed by atoms with Gasteiger partial charge in [-0.2, -0.15) is 0 Å². The fraction of sp³-hybridized carbons (Fsp3) is 0.909. The fourth-order valence-corrected chi connectivity index (χ4v) is 1.78. The average molecular weight is 214 g/mol. The zero-order chi connectivity index (χ0) is 11.4. The number of nitrogens with two attached hydrogens (primary N) is 1. The van der Waals surface area contributed by atoms with Crippen LogP contribution < -0.4 is 5.73 Å². The molecule has 1 fully saturated rings. The van der Waals surface area contributed by atoms with Gasteiger partial charge in [-0.3, -0.25) is 4.79 Å². The predicted octanol–water partition coefficient (Wildman–Crippen LogP) is 0.750. The molecule has 0 aromatic carbocycles. The molecule has 0 bridgehead atoms. The molecule has 4 nitrogen and oxygen atoms in total. The smallest absolute Gasteiger partial charge is 0.251 e. The minimum atomic E-state index is -0.266. The monoisotopic (exact) mass is 214 g/mol. The maximum Gasteiger partial charge on any atom is 0.251 e. The third-order valence-corrected chi connectivity index (χ3v) is 3.25. The van der Waals surface area contributed by atoms with Crippen molar-refractivity contribution in [1.82, 2.24) is 4.90 Å². The highest BCUT2D eigenvalue weighted by Crippen LogP contribution is 2.21. The zero-order valence-corrected chi connectivity index (χ0v) is 9.90. The van der Waals surface area contributed by atoms with E-state index in [1.54, 1.807) is 4.90 Å². The van der Waals surface area contributed by atoms with E-state index in [1.165, 1.54) is 0 Å². The van der Waals surface area contributed by atoms with Crippen molar-refractivity contribution < 1.29 is 9.53 Å². The minimum absolute atomic E-state index is 0.0734. The number of ether oxygens (including phenoxy) is 1. The second-order valence-corrected chi connectivity index (χ2v) is 4.27. The van der Waals surface area contributed by atoms with Crippen LogP contribution in [-0.4, -0.2) is 42.6 Å². The van der Waals surface area contributed by atoms with Crippen LogP contribution in [-0.2, 0) is 9.53 Å². The summed E-state index contributed by atoms with van der Waals surface area (Å²) in [6, 6.07) is 0.276. The molecular weight excluding hydrogens is 192 g/mol. The highest BCUT2D eigenvalue weighted by molar-refractivity contribution is 5.81. The third-order valence-electron chi connectivity index (χ3n) is 3.25. The molecule has 1 unspecified atom stereocenters. The molecule has 1 aliphatic rings. The molecule has 1 aliphatic heterocycles. The van der Waals surface area contributed by atoms with Gasteiger partial charge in [-0.15, -0.1) is 0 Å². The summed E-state index contributed by atoms with van der Waals surface area (Å²) in [5, 5.41) is 0. The van der Waals surface area contributed by atoms with Crippen LogP contribution in [0.5, 0.6) is 0 Å². The van der Waals surface area contributed by atoms with Crippen molar-refractivity contribution in [2.45, 2.75) is 51.4 Å². The lowest BCUT2D eigenvalue weighted by Gasteiger charge is -2.26. The second kappa shape index (κ2) is 5.47. The van der Waals surface area contributed by atoms with Gasteiger partial charge in [0.25, 0.3) is 5.91 Å². The Labute approximate surface area is 91.8 Å². The van der Waals surface area contributed by atoms with E-state index in [4.69, 9.17) is 10.5 Å². The number of hydrogen-bond donors (Lipinski definition) is 1. The summed E-state index contributed by atoms with van der Waals surface area (Å²) in [7, 11) is 1.84. The molecule has 1 amide bonds. The molecule has 15 heavy (non-hydrogen) atoms. The van der Waals surface area contributed by atoms with E-state index in [1.807, 2.05) is 14.0 Å². The Bertz CT molecular complexity index is 221. The van der Waals surface area contributed by atoms with Crippen molar-refractivity contribution in [2.24, 2.45) is 5.73 Å². The number of hydrogen-bond acceptors (Lipinski definition) is 3. The molecule has 0 aliphatic carbocycles. The molecule has 0 spiro atoms. The van der Waals surface area contributed by atoms with E-state index in [9.17, 15) is 4.79 Å². The molecule has 0 aromatic heterocycles. The van der Waals surface area contributed by atoms with E-state index in [0.29, 0.717) is 6.54 Å². The minimum Gasteiger partial charge on any atom is -0.364 e. The van der Waals surface area contributed by atoms with Gasteiger partial charge in [0.1, 0.15) is 6.10 Å². The topological polar surface area (TPSA) is 55.6 Å². The summed E-state index contributed by atoms with van der Waals surface area (Å²) in [4.78, 5) is 13.7. The van der Waals surface area contributed by atoms with Crippen LogP contribution in [0.3, 0.4) is 0 Å². The molecule has 0 radical (unpaired) electrons. The van der Waals surface area contributed by atoms with Gasteiger partial charge in [0.15, 0.2) is 0 Å². The summed E-state index contributed by atoms with van der Waals surface area (Å²) in [5.74, 6) is 0.0975. The van der Waals surface area contributed by atoms with Gasteiger partial charge in [-0.25, -0.2) is 0 Å². The molecule has 1 rings (SSSR count). The van der Waals surface area contributed by atoms with E-state index in [0.717, 1.165) is 19.3 Å². The molecule has 0 saturated carbocycles. The third kappa shape index (κ3) is 2.92. The molecule has 1 heterocycles. The second-order valence-electron chi connectivity index (χ2n) is 4.27. The van der Waals surface area contributed by atoms with E-state index < -0.39 is 0 Å². The highest BCUT2D eigenvalue weighted by atomic mass is 16.5. The summed E-state index contributed by atoms with van der Waals surface area (Å²) in [6.07, 6.45) is 2.49. The Kier molecular flexibility index (Phi) is 4.54. The zero-order valence-electron chi connectivity index (χ0n) is 9.90. The molecule has 0 aromatic rings. The Hall–Kier alpha value is -0.610. The van der Waals surface area contributed by atoms with Gasteiger partial charge < -0.3 is 15.4 Å². The van der Waals surface area contributed by atoms with Gasteiger partial charge in [0.2, 0.25) is 0 Å². The first-order chi connectivity index (χ1) is 7.10. The van der Waals surface area contributed by atoms with Crippen LogP contribution in [0.1, 0.15) is 33.1 Å². The first-order valence-corrected chi connectivity index (χ1v) is 5.72. The van der Waals surface area contributed by atoms with Crippen LogP contribution in [0, 0.1) is 0 Å². The standard InChI is InChI=1S/C11H22N2O2/c1-4-8(2)13(3)11(14)10-6-5-9(7-12)15-10/h8-10H,4-7,12H2,1-3H3/t8?,9-,10+/m1/s1. The van der Waals surface area contributed by atoms with E-state index >= 15 is 0 Å². The molecule has 2 N–H and O–H groups in total. The number of likely N-dealkylation sites (N-methyl/N-ethyl adjacent to an activating group) is 1. The van der Waals surface area contributed by atoms with Gasteiger partial charge in [0.05, 0.1) is 6.10 Å². The van der Waals surface area contributed by atoms with Gasteiger partial charge >= 0.3 is 0 Å². The van der Waals surface area contributed by atoms with Crippen LogP contribution in [0.4, 0.5) is 0 Å². The number of nitrogens with zero attached hydrogens (tertiary/aromatic N) is 1. The van der Waals surface area contributed by atoms with Crippen molar-refractivity contribution in [2.75, 3.05) is 13.6 Å². The van der Waals surface area contributed by atoms with Crippen molar-refractivity contribution in [3.8, 4) is 0 Å². The number of rotatable bonds is 4. The first-order valence-electron chi connectivity index (χ1n) is 5.72. The summed E-state index contributed by atoms with van der Waals surface area (Å²) < 4.78 is 5.57. The summed E-state index contributed by atoms with van der Waals surface area (Å²) >= 11 is 0. The molecule has 3 atom stereocenters. The SMILES string of the molecule is CCC(C)N(C)C(=O)[C@@H]1CC[C@H](CN)O1. The van der Waals surface area contributed by atoms with E-state index in [-0.39, 0.29) is 24.2 Å². The summed E-state index contributed by atoms with van der Waals surface area (Å²) in [5.41, 5.74) is 5.51. The maximum absolute atomic E-state index is 12.0. The number of amides is 1. The van der Waals surface area contributed by atoms with Crippen molar-refractivity contribution in [3.63, 3.8) is 0 Å². The lowest BCUT2D eigenvalue weighted by Crippen LogP contribution is -2.41. The first kappa shape index (κ1) is 12.5. The predicted molar refractivity (Wildman–Crippen MR) is 59.5 cm³/mol. The highest BCUT2D eigenvalue weighted by Gasteiger charge is 2.32. The largest absolute Gasteiger partial charge is 0.364 e. The normalized spacial score (nSPS) is 27.7. The van der Waals surface area contributed by atoms with Gasteiger partial charge in [0, 0.05) is 19.6 Å². The van der Waals surface area contributed by atoms with Crippen LogP contribution in [0.15, 0.2) is 0 Å². The van der Waals surface area contributed by atoms with Crippen LogP contribution >= 0.6 is 0 Å². The Morgan fingerprint density at radius 1 is 1.60 bits per heavy atom. The maximum atomic E-state index is 12.0. The molecular formula is C11H22N2O2. The van der Waals surface area contributed by atoms with Gasteiger partial charge in [-0.1, -0.05) is 6.92 Å². The summed E-state index contributed by atoms with van der Waals surface area (Å²) in [6.45, 7) is 4.64. The Balaban J connectivity index is 2.47. The lowest BCUT2D eigenvalue weighted by molar-refractivity contribution is -0.143. The fourth-order valence-electron chi connectivity index (χ4n) is 1.78. The Morgan fingerprint density at radius 3 is 2.73 bits per heavy atom. The molecule has 1 saturated heterocycles. The van der Waals surface area contributed by atoms with Crippen molar-refractivity contribution in [3.05, 3.63) is 0 Å². The van der Waals surface area contributed by atoms with Crippen LogP contribution in [0.25, 0.3) is 0 Å². The quantitative estimate of drug-likeness (QED) is 0.751. The van der Waals surface area contributed by atoms with Crippen LogP contribution in [0.2, 0.25) is 0 Å². The number of carbonyl (C=O) groups excluding carboxylic acids is 1. The van der Waals surface area contributed by atoms with Crippen molar-refractivity contribution >= 4 is 5.91 Å². The average Bonchev–Trinajstić information content (AvgIpc) is 2.74. The lowest BCUT2D eigenvalue weighted by atomic mass is 10.1. The van der Waals surface area contributed by atoms with E-state index in [2.05, 4.69) is 6.92 Å².